The Hall–Kier alpha value is -8.86. The maximum Gasteiger partial charge on any atom is 0.407 e. The molecule has 1 aliphatic heterocycles. The van der Waals surface area contributed by atoms with E-state index in [1.807, 2.05) is 13.8 Å². The third-order valence-corrected chi connectivity index (χ3v) is 19.6. The molecule has 0 spiro atoms. The number of hydrogen-bond acceptors (Lipinski definition) is 24. The number of ether oxygens (including phenoxy) is 4. The Morgan fingerprint density at radius 1 is 0.517 bits per heavy atom. The molecule has 1 heterocycles. The summed E-state index contributed by atoms with van der Waals surface area (Å²) in [7, 11) is -4.02. The number of amides is 12. The van der Waals surface area contributed by atoms with Gasteiger partial charge in [-0.1, -0.05) is 84.2 Å². The summed E-state index contributed by atoms with van der Waals surface area (Å²) >= 11 is 0. The van der Waals surface area contributed by atoms with Crippen LogP contribution in [0, 0.1) is 23.7 Å². The number of carbonyl (C=O) groups excluding carboxylic acids is 15. The summed E-state index contributed by atoms with van der Waals surface area (Å²) in [4.78, 5) is 216. The van der Waals surface area contributed by atoms with Gasteiger partial charge in [0.15, 0.2) is 17.3 Å². The molecule has 37 heteroatoms. The van der Waals surface area contributed by atoms with Crippen molar-refractivity contribution < 1.29 is 115 Å². The molecule has 1 fully saturated rings. The molecule has 2 unspecified atom stereocenters. The predicted octanol–water partition coefficient (Wildman–Crippen LogP) is 5.96. The van der Waals surface area contributed by atoms with Crippen molar-refractivity contribution in [2.75, 3.05) is 52.1 Å². The van der Waals surface area contributed by atoms with Crippen LogP contribution >= 0.6 is 7.60 Å². The number of nitrogens with one attached hydrogen (secondary N) is 12. The van der Waals surface area contributed by atoms with Gasteiger partial charge in [-0.05, 0) is 166 Å². The van der Waals surface area contributed by atoms with Gasteiger partial charge in [0.1, 0.15) is 52.7 Å². The van der Waals surface area contributed by atoms with Gasteiger partial charge < -0.3 is 102 Å². The quantitative estimate of drug-likeness (QED) is 0.0205. The van der Waals surface area contributed by atoms with Gasteiger partial charge in [-0.3, -0.25) is 57.3 Å². The molecule has 0 aliphatic carbocycles. The minimum Gasteiger partial charge on any atom is -0.444 e. The van der Waals surface area contributed by atoms with Gasteiger partial charge in [-0.2, -0.15) is 0 Å². The van der Waals surface area contributed by atoms with Crippen LogP contribution in [0.5, 0.6) is 0 Å². The Kier molecular flexibility index (Phi) is 46.0. The van der Waals surface area contributed by atoms with Crippen molar-refractivity contribution in [1.29, 1.82) is 0 Å². The largest absolute Gasteiger partial charge is 0.444 e. The summed E-state index contributed by atoms with van der Waals surface area (Å²) in [6.07, 6.45) is -9.82. The normalized spacial score (nSPS) is 20.1. The lowest BCUT2D eigenvalue weighted by Gasteiger charge is -2.28. The Balaban J connectivity index is 3.09. The molecule has 1 aromatic rings. The zero-order valence-corrected chi connectivity index (χ0v) is 73.6. The first-order valence-electron chi connectivity index (χ1n) is 41.0. The van der Waals surface area contributed by atoms with Crippen molar-refractivity contribution in [2.45, 2.75) is 311 Å². The predicted molar refractivity (Wildman–Crippen MR) is 438 cm³/mol. The monoisotopic (exact) mass is 1690 g/mol. The molecule has 0 radical (unpaired) electrons. The maximum absolute atomic E-state index is 15.4. The van der Waals surface area contributed by atoms with Gasteiger partial charge in [0.2, 0.25) is 47.3 Å². The second kappa shape index (κ2) is 51.6. The van der Waals surface area contributed by atoms with Crippen LogP contribution in [0.25, 0.3) is 0 Å². The zero-order chi connectivity index (χ0) is 89.5. The van der Waals surface area contributed by atoms with Crippen molar-refractivity contribution in [3.05, 3.63) is 35.9 Å². The molecular weight excluding hydrogens is 1560 g/mol. The van der Waals surface area contributed by atoms with E-state index in [4.69, 9.17) is 28.0 Å². The second-order valence-electron chi connectivity index (χ2n) is 34.1. The van der Waals surface area contributed by atoms with Crippen LogP contribution in [0.1, 0.15) is 233 Å². The van der Waals surface area contributed by atoms with E-state index in [1.165, 1.54) is 6.92 Å². The molecule has 118 heavy (non-hydrogen) atoms. The molecule has 1 aliphatic rings. The molecule has 1 aromatic carbocycles. The molecule has 14 N–H and O–H groups in total. The number of carbonyl (C=O) groups is 15. The van der Waals surface area contributed by atoms with E-state index in [0.717, 1.165) is 6.92 Å². The topological polar surface area (TPSA) is 513 Å². The van der Waals surface area contributed by atoms with Gasteiger partial charge in [0.05, 0.1) is 49.5 Å². The highest BCUT2D eigenvalue weighted by Gasteiger charge is 2.40. The smallest absolute Gasteiger partial charge is 0.407 e. The number of unbranched alkanes of at least 4 members (excludes halogenated alkanes) is 2. The molecule has 36 nitrogen and oxygen atoms in total. The number of aliphatic hydroxyl groups is 2. The highest BCUT2D eigenvalue weighted by atomic mass is 31.2. The van der Waals surface area contributed by atoms with Crippen molar-refractivity contribution in [3.8, 4) is 0 Å². The third-order valence-electron chi connectivity index (χ3n) is 17.8. The molecule has 0 aromatic heterocycles. The van der Waals surface area contributed by atoms with Gasteiger partial charge in [-0.25, -0.2) is 19.2 Å². The average molecular weight is 1690 g/mol. The summed E-state index contributed by atoms with van der Waals surface area (Å²) in [5.74, 6) is -15.8. The Labute approximate surface area is 695 Å². The lowest BCUT2D eigenvalue weighted by molar-refractivity contribution is -0.137. The molecule has 670 valence electrons. The average Bonchev–Trinajstić information content (AvgIpc) is 0.991. The molecular formula is C81H137N12O24P. The van der Waals surface area contributed by atoms with E-state index >= 15 is 19.2 Å². The first kappa shape index (κ1) is 105. The van der Waals surface area contributed by atoms with Gasteiger partial charge >= 0.3 is 32.0 Å². The van der Waals surface area contributed by atoms with E-state index in [1.54, 1.807) is 134 Å². The first-order valence-corrected chi connectivity index (χ1v) is 42.7. The molecule has 12 amide bonds. The van der Waals surface area contributed by atoms with Gasteiger partial charge in [0, 0.05) is 70.2 Å². The highest BCUT2D eigenvalue weighted by Crippen LogP contribution is 2.48. The number of Topliss-reactive ketones (excluding diaryl/α,β-unsaturated/α-hetero) is 3. The van der Waals surface area contributed by atoms with Crippen molar-refractivity contribution in [3.63, 3.8) is 0 Å². The van der Waals surface area contributed by atoms with Crippen LogP contribution in [-0.2, 0) is 91.7 Å². The molecule has 12 atom stereocenters. The summed E-state index contributed by atoms with van der Waals surface area (Å²) in [6, 6.07) is -2.92. The van der Waals surface area contributed by atoms with E-state index in [9.17, 15) is 67.5 Å². The maximum atomic E-state index is 15.4. The number of ketones is 3. The fraction of sp³-hybridized carbons (Fsp3) is 0.741. The SMILES string of the molecule is CCCCOP(=O)(CC(=O)N[C@@H](CCC)C(=O)C[C@H](C(=O)N[C@@H](CCNC(=O)OC(C)(C)C)C(=O)C[C@H]1CCNC(=O)[C@H](C(C)O)NC(=O)[C@H](CCNC(=O)OC(C)(C)C)CC(=O)[C@H](CCNC(=O)OC(C)(C)C)NC(=O)[C@H](CC(C)C)NC(=O)[C@@H](Cc2ccccc2)NC(=O)[C@H](CCNC(=O)OC(C)(C)C)NC1=O)C(C)O)OCCCC. The van der Waals surface area contributed by atoms with Crippen LogP contribution in [-0.4, -0.2) is 228 Å². The molecule has 0 saturated carbocycles. The van der Waals surface area contributed by atoms with E-state index < -0.39 is 256 Å². The van der Waals surface area contributed by atoms with Crippen molar-refractivity contribution >= 4 is 96.6 Å². The van der Waals surface area contributed by atoms with Crippen LogP contribution < -0.4 is 63.8 Å². The second-order valence-corrected chi connectivity index (χ2v) is 36.2. The van der Waals surface area contributed by atoms with Crippen LogP contribution in [0.15, 0.2) is 30.3 Å². The Bertz CT molecular complexity index is 3490. The summed E-state index contributed by atoms with van der Waals surface area (Å²) in [6.45, 7) is 28.7. The van der Waals surface area contributed by atoms with Crippen molar-refractivity contribution in [2.24, 2.45) is 23.7 Å². The number of hydrogen-bond donors (Lipinski definition) is 14. The third kappa shape index (κ3) is 44.3. The fourth-order valence-electron chi connectivity index (χ4n) is 11.9. The van der Waals surface area contributed by atoms with Crippen LogP contribution in [0.4, 0.5) is 19.2 Å². The van der Waals surface area contributed by atoms with E-state index in [-0.39, 0.29) is 64.3 Å². The highest BCUT2D eigenvalue weighted by molar-refractivity contribution is 7.54. The number of rotatable bonds is 39. The minimum atomic E-state index is -4.02. The minimum absolute atomic E-state index is 0.0251. The number of alkyl carbamates (subject to hydrolysis) is 4. The number of aliphatic hydroxyl groups excluding tert-OH is 2. The summed E-state index contributed by atoms with van der Waals surface area (Å²) < 4.78 is 46.8. The lowest BCUT2D eigenvalue weighted by atomic mass is 9.90. The van der Waals surface area contributed by atoms with Crippen molar-refractivity contribution in [1.82, 2.24) is 63.8 Å². The summed E-state index contributed by atoms with van der Waals surface area (Å²) in [5, 5.41) is 53.8. The standard InChI is InChI=1S/C81H137N12O24P/c1-20-23-41-112-118(111,113-42-24-21-2)48-65(99)87-56(28-22-3)64(98)47-55(50(6)94)69(102)88-57(33-38-84-75(108)115-79(11,12)13)62(96)45-53-31-36-82-73(106)66(51(7)95)93-68(101)54(32-37-83-74(107)114-78(8,9)10)46-63(97)58(34-39-85-76(109)116-80(14,15)16)89-71(104)60(43-49(4)5)91-72(105)61(44-52-29-26-25-27-30-52)92-70(103)59(90-67(53)100)35-40-86-77(110)117-81(17,18)19/h25-27,29-30,49-51,53-61,66,94-95H,20-24,28,31-48H2,1-19H3,(H,82,106)(H,83,107)(H,84,108)(H,85,109)(H,86,110)(H,87,99)(H,88,102)(H,89,104)(H,90,100)(H,91,105)(H,92,103)(H,93,101)/t50?,51?,53-,54-,55+,56+,57+,58+,59+,60+,61-,66+/m1/s1. The fourth-order valence-corrected chi connectivity index (χ4v) is 13.4. The first-order chi connectivity index (χ1) is 54.9. The van der Waals surface area contributed by atoms with E-state index in [0.29, 0.717) is 37.7 Å². The van der Waals surface area contributed by atoms with E-state index in [2.05, 4.69) is 63.8 Å². The van der Waals surface area contributed by atoms with Crippen LogP contribution in [0.3, 0.4) is 0 Å². The van der Waals surface area contributed by atoms with Gasteiger partial charge in [0.25, 0.3) is 0 Å². The lowest BCUT2D eigenvalue weighted by Crippen LogP contribution is -2.59. The number of benzene rings is 1. The Morgan fingerprint density at radius 2 is 0.966 bits per heavy atom. The van der Waals surface area contributed by atoms with Gasteiger partial charge in [-0.15, -0.1) is 0 Å². The Morgan fingerprint density at radius 3 is 1.45 bits per heavy atom. The zero-order valence-electron chi connectivity index (χ0n) is 72.7. The van der Waals surface area contributed by atoms with Crippen LogP contribution in [0.2, 0.25) is 0 Å². The molecule has 2 rings (SSSR count). The molecule has 1 saturated heterocycles. The molecule has 0 bridgehead atoms. The summed E-state index contributed by atoms with van der Waals surface area (Å²) in [5.41, 5.74) is -3.47.